The molecule has 9 heteroatoms. The molecule has 1 saturated heterocycles. The third-order valence-corrected chi connectivity index (χ3v) is 6.98. The highest BCUT2D eigenvalue weighted by atomic mass is 32.1. The van der Waals surface area contributed by atoms with E-state index in [-0.39, 0.29) is 23.8 Å². The van der Waals surface area contributed by atoms with Gasteiger partial charge in [-0.3, -0.25) is 19.0 Å². The van der Waals surface area contributed by atoms with Crippen LogP contribution in [0.15, 0.2) is 71.0 Å². The summed E-state index contributed by atoms with van der Waals surface area (Å²) in [5.74, 6) is -0.251. The van der Waals surface area contributed by atoms with Crippen LogP contribution >= 0.6 is 11.3 Å². The summed E-state index contributed by atoms with van der Waals surface area (Å²) in [6.07, 6.45) is 1.57. The molecular formula is C26H21N5O3S. The molecule has 1 aliphatic rings. The van der Waals surface area contributed by atoms with Gasteiger partial charge >= 0.3 is 0 Å². The summed E-state index contributed by atoms with van der Waals surface area (Å²) in [6, 6.07) is 18.0. The van der Waals surface area contributed by atoms with Crippen LogP contribution in [0.25, 0.3) is 11.0 Å². The first-order valence-corrected chi connectivity index (χ1v) is 12.0. The normalized spacial score (nSPS) is 13.6. The Balaban J connectivity index is 1.50. The smallest absolute Gasteiger partial charge is 0.272 e. The average molecular weight is 484 g/mol. The maximum atomic E-state index is 13.4. The maximum absolute atomic E-state index is 13.4. The van der Waals surface area contributed by atoms with Crippen LogP contribution in [0, 0.1) is 11.3 Å². The average Bonchev–Trinajstić information content (AvgIpc) is 3.45. The van der Waals surface area contributed by atoms with E-state index in [1.807, 2.05) is 34.5 Å². The largest absolute Gasteiger partial charge is 0.366 e. The standard InChI is InChI=1S/C26H21N5O3S/c27-16-20-23(29-11-13-30(14-12-29)26(34)22-9-5-15-35-22)19-8-4-10-28-24(19)31(25(20)33)17-21(32)18-6-2-1-3-7-18/h1-10,15H,11-14,17H2. The molecule has 1 amide bonds. The van der Waals surface area contributed by atoms with E-state index in [0.717, 1.165) is 0 Å². The molecule has 1 aromatic carbocycles. The molecule has 174 valence electrons. The molecule has 1 aliphatic heterocycles. The predicted octanol–water partition coefficient (Wildman–Crippen LogP) is 3.17. The van der Waals surface area contributed by atoms with Crippen molar-refractivity contribution in [1.82, 2.24) is 14.5 Å². The third-order valence-electron chi connectivity index (χ3n) is 6.12. The molecular weight excluding hydrogens is 462 g/mol. The molecule has 0 N–H and O–H groups in total. The number of benzene rings is 1. The number of ketones is 1. The fraction of sp³-hybridized carbons (Fsp3) is 0.192. The second kappa shape index (κ2) is 9.52. The van der Waals surface area contributed by atoms with Gasteiger partial charge in [0.1, 0.15) is 17.3 Å². The van der Waals surface area contributed by atoms with Crippen LogP contribution in [-0.2, 0) is 6.54 Å². The first-order chi connectivity index (χ1) is 17.1. The highest BCUT2D eigenvalue weighted by Gasteiger charge is 2.28. The van der Waals surface area contributed by atoms with Crippen molar-refractivity contribution in [1.29, 1.82) is 5.26 Å². The molecule has 0 unspecified atom stereocenters. The van der Waals surface area contributed by atoms with Crippen molar-refractivity contribution in [3.05, 3.63) is 92.5 Å². The molecule has 0 bridgehead atoms. The Morgan fingerprint density at radius 1 is 1.00 bits per heavy atom. The van der Waals surface area contributed by atoms with E-state index < -0.39 is 5.56 Å². The monoisotopic (exact) mass is 483 g/mol. The van der Waals surface area contributed by atoms with Crippen LogP contribution in [0.2, 0.25) is 0 Å². The summed E-state index contributed by atoms with van der Waals surface area (Å²) in [7, 11) is 0. The van der Waals surface area contributed by atoms with Gasteiger partial charge in [-0.15, -0.1) is 11.3 Å². The topological polar surface area (TPSA) is 99.3 Å². The van der Waals surface area contributed by atoms with E-state index in [4.69, 9.17) is 0 Å². The van der Waals surface area contributed by atoms with Gasteiger partial charge in [0.25, 0.3) is 11.5 Å². The number of carbonyl (C=O) groups excluding carboxylic acids is 2. The maximum Gasteiger partial charge on any atom is 0.272 e. The van der Waals surface area contributed by atoms with Gasteiger partial charge in [-0.2, -0.15) is 5.26 Å². The van der Waals surface area contributed by atoms with Crippen molar-refractivity contribution < 1.29 is 9.59 Å². The number of hydrogen-bond donors (Lipinski definition) is 0. The van der Waals surface area contributed by atoms with Gasteiger partial charge in [0.15, 0.2) is 5.78 Å². The molecule has 0 aliphatic carbocycles. The number of nitrogens with zero attached hydrogens (tertiary/aromatic N) is 5. The highest BCUT2D eigenvalue weighted by molar-refractivity contribution is 7.12. The molecule has 1 fully saturated rings. The number of fused-ring (bicyclic) bond motifs is 1. The minimum Gasteiger partial charge on any atom is -0.366 e. The van der Waals surface area contributed by atoms with Gasteiger partial charge in [-0.1, -0.05) is 36.4 Å². The van der Waals surface area contributed by atoms with E-state index >= 15 is 0 Å². The van der Waals surface area contributed by atoms with E-state index in [9.17, 15) is 19.6 Å². The van der Waals surface area contributed by atoms with Crippen LogP contribution in [0.1, 0.15) is 25.6 Å². The van der Waals surface area contributed by atoms with E-state index in [1.165, 1.54) is 15.9 Å². The third kappa shape index (κ3) is 4.20. The number of anilines is 1. The number of nitriles is 1. The molecule has 0 saturated carbocycles. The first kappa shape index (κ1) is 22.5. The summed E-state index contributed by atoms with van der Waals surface area (Å²) in [5, 5.41) is 12.5. The van der Waals surface area contributed by atoms with Gasteiger partial charge in [-0.05, 0) is 23.6 Å². The van der Waals surface area contributed by atoms with E-state index in [1.54, 1.807) is 41.4 Å². The van der Waals surface area contributed by atoms with Crippen molar-refractivity contribution in [2.75, 3.05) is 31.1 Å². The Bertz CT molecular complexity index is 1500. The SMILES string of the molecule is N#Cc1c(N2CCN(C(=O)c3cccs3)CC2)c2cccnc2n(CC(=O)c2ccccc2)c1=O. The van der Waals surface area contributed by atoms with Crippen molar-refractivity contribution in [3.8, 4) is 6.07 Å². The van der Waals surface area contributed by atoms with Gasteiger partial charge in [0, 0.05) is 43.3 Å². The number of hydrogen-bond acceptors (Lipinski definition) is 7. The number of Topliss-reactive ketones (excluding diaryl/α,β-unsaturated/α-hetero) is 1. The number of thiophene rings is 1. The Kier molecular flexibility index (Phi) is 6.12. The first-order valence-electron chi connectivity index (χ1n) is 11.2. The van der Waals surface area contributed by atoms with Crippen LogP contribution in [-0.4, -0.2) is 52.3 Å². The predicted molar refractivity (Wildman–Crippen MR) is 134 cm³/mol. The summed E-state index contributed by atoms with van der Waals surface area (Å²) >= 11 is 1.41. The Morgan fingerprint density at radius 3 is 2.46 bits per heavy atom. The molecule has 4 heterocycles. The zero-order valence-electron chi connectivity index (χ0n) is 18.8. The summed E-state index contributed by atoms with van der Waals surface area (Å²) in [5.41, 5.74) is 0.775. The van der Waals surface area contributed by atoms with Crippen LogP contribution in [0.5, 0.6) is 0 Å². The lowest BCUT2D eigenvalue weighted by molar-refractivity contribution is 0.0751. The second-order valence-electron chi connectivity index (χ2n) is 8.15. The summed E-state index contributed by atoms with van der Waals surface area (Å²) in [6.45, 7) is 1.68. The molecule has 0 atom stereocenters. The lowest BCUT2D eigenvalue weighted by Crippen LogP contribution is -2.49. The Morgan fingerprint density at radius 2 is 1.77 bits per heavy atom. The molecule has 3 aromatic heterocycles. The highest BCUT2D eigenvalue weighted by Crippen LogP contribution is 2.29. The zero-order valence-corrected chi connectivity index (χ0v) is 19.6. The molecule has 4 aromatic rings. The van der Waals surface area contributed by atoms with Crippen molar-refractivity contribution >= 4 is 39.7 Å². The van der Waals surface area contributed by atoms with Gasteiger partial charge < -0.3 is 9.80 Å². The van der Waals surface area contributed by atoms with Gasteiger partial charge in [0.2, 0.25) is 0 Å². The number of pyridine rings is 2. The number of rotatable bonds is 5. The Labute approximate surface area is 205 Å². The van der Waals surface area contributed by atoms with Gasteiger partial charge in [-0.25, -0.2) is 4.98 Å². The van der Waals surface area contributed by atoms with Crippen molar-refractivity contribution in [3.63, 3.8) is 0 Å². The fourth-order valence-corrected chi connectivity index (χ4v) is 5.08. The quantitative estimate of drug-likeness (QED) is 0.404. The van der Waals surface area contributed by atoms with Crippen molar-refractivity contribution in [2.45, 2.75) is 6.54 Å². The number of amides is 1. The number of carbonyl (C=O) groups is 2. The second-order valence-corrected chi connectivity index (χ2v) is 9.09. The van der Waals surface area contributed by atoms with E-state index in [0.29, 0.717) is 53.3 Å². The fourth-order valence-electron chi connectivity index (χ4n) is 4.39. The number of aromatic nitrogens is 2. The van der Waals surface area contributed by atoms with Crippen LogP contribution < -0.4 is 10.5 Å². The van der Waals surface area contributed by atoms with Crippen LogP contribution in [0.4, 0.5) is 5.69 Å². The van der Waals surface area contributed by atoms with E-state index in [2.05, 4.69) is 11.1 Å². The summed E-state index contributed by atoms with van der Waals surface area (Å²) < 4.78 is 1.28. The zero-order chi connectivity index (χ0) is 24.4. The van der Waals surface area contributed by atoms with Crippen molar-refractivity contribution in [2.24, 2.45) is 0 Å². The minimum atomic E-state index is -0.546. The minimum absolute atomic E-state index is 0.0125. The number of piperazine rings is 1. The lowest BCUT2D eigenvalue weighted by atomic mass is 10.1. The molecule has 8 nitrogen and oxygen atoms in total. The molecule has 35 heavy (non-hydrogen) atoms. The molecule has 0 radical (unpaired) electrons. The summed E-state index contributed by atoms with van der Waals surface area (Å²) in [4.78, 5) is 47.9. The molecule has 5 rings (SSSR count). The Hall–Kier alpha value is -4.29. The van der Waals surface area contributed by atoms with Gasteiger partial charge in [0.05, 0.1) is 17.1 Å². The van der Waals surface area contributed by atoms with Crippen LogP contribution in [0.3, 0.4) is 0 Å². The molecule has 0 spiro atoms. The lowest BCUT2D eigenvalue weighted by Gasteiger charge is -2.36.